The van der Waals surface area contributed by atoms with Crippen molar-refractivity contribution in [3.05, 3.63) is 29.8 Å². The van der Waals surface area contributed by atoms with Crippen LogP contribution in [0.15, 0.2) is 24.3 Å². The van der Waals surface area contributed by atoms with Gasteiger partial charge in [-0.25, -0.2) is 9.59 Å². The fourth-order valence-corrected chi connectivity index (χ4v) is 5.55. The first-order chi connectivity index (χ1) is 14.1. The summed E-state index contributed by atoms with van der Waals surface area (Å²) in [4.78, 5) is 26.7. The van der Waals surface area contributed by atoms with Crippen LogP contribution in [0.5, 0.6) is 0 Å². The Morgan fingerprint density at radius 1 is 1.10 bits per heavy atom. The third kappa shape index (κ3) is 3.45. The van der Waals surface area contributed by atoms with Crippen molar-refractivity contribution >= 4 is 17.8 Å². The summed E-state index contributed by atoms with van der Waals surface area (Å²) < 4.78 is 11.9. The number of piperidine rings is 1. The second-order valence-corrected chi connectivity index (χ2v) is 8.95. The standard InChI is InChI=1S/C22H29N3O4/c26-19(23-16-14-21(28-15-16)8-4-1-5-9-21)25-12-10-22(11-13-25)17-6-2-3-7-18(17)24-20(27)29-22/h2-3,6-7,16H,1,4-5,8-15H2,(H,23,26)(H,24,27). The SMILES string of the molecule is O=C1Nc2ccccc2C2(CCN(C(=O)NC3COC4(CCCCC4)C3)CC2)O1. The summed E-state index contributed by atoms with van der Waals surface area (Å²) >= 11 is 0. The molecule has 29 heavy (non-hydrogen) atoms. The topological polar surface area (TPSA) is 79.9 Å². The van der Waals surface area contributed by atoms with Crippen LogP contribution in [-0.2, 0) is 15.1 Å². The zero-order valence-corrected chi connectivity index (χ0v) is 16.7. The maximum absolute atomic E-state index is 12.8. The van der Waals surface area contributed by atoms with E-state index in [1.807, 2.05) is 29.2 Å². The number of urea groups is 1. The number of carbonyl (C=O) groups excluding carboxylic acids is 2. The van der Waals surface area contributed by atoms with Crippen molar-refractivity contribution < 1.29 is 19.1 Å². The van der Waals surface area contributed by atoms with E-state index in [1.54, 1.807) is 0 Å². The molecule has 1 unspecified atom stereocenters. The van der Waals surface area contributed by atoms with Gasteiger partial charge in [-0.1, -0.05) is 37.5 Å². The van der Waals surface area contributed by atoms with Crippen molar-refractivity contribution in [2.45, 2.75) is 68.6 Å². The highest BCUT2D eigenvalue weighted by Crippen LogP contribution is 2.43. The molecule has 1 aliphatic carbocycles. The summed E-state index contributed by atoms with van der Waals surface area (Å²) in [6.45, 7) is 1.73. The number of likely N-dealkylation sites (tertiary alicyclic amines) is 1. The van der Waals surface area contributed by atoms with E-state index in [0.29, 0.717) is 32.5 Å². The molecule has 2 saturated heterocycles. The minimum absolute atomic E-state index is 0.00480. The molecule has 2 spiro atoms. The third-order valence-electron chi connectivity index (χ3n) is 7.10. The Kier molecular flexibility index (Phi) is 4.65. The van der Waals surface area contributed by atoms with Gasteiger partial charge < -0.3 is 19.7 Å². The van der Waals surface area contributed by atoms with Crippen LogP contribution >= 0.6 is 0 Å². The normalized spacial score (nSPS) is 27.2. The molecule has 4 aliphatic rings. The van der Waals surface area contributed by atoms with Gasteiger partial charge in [-0.15, -0.1) is 0 Å². The van der Waals surface area contributed by atoms with E-state index in [4.69, 9.17) is 9.47 Å². The van der Waals surface area contributed by atoms with Gasteiger partial charge in [0.05, 0.1) is 23.9 Å². The van der Waals surface area contributed by atoms with Gasteiger partial charge in [-0.3, -0.25) is 5.32 Å². The summed E-state index contributed by atoms with van der Waals surface area (Å²) in [6, 6.07) is 7.83. The first kappa shape index (κ1) is 18.7. The molecule has 7 heteroatoms. The summed E-state index contributed by atoms with van der Waals surface area (Å²) in [5.74, 6) is 0. The summed E-state index contributed by atoms with van der Waals surface area (Å²) in [5, 5.41) is 5.96. The number of nitrogens with one attached hydrogen (secondary N) is 2. The Bertz CT molecular complexity index is 797. The Morgan fingerprint density at radius 3 is 2.66 bits per heavy atom. The van der Waals surface area contributed by atoms with Crippen LogP contribution in [0.25, 0.3) is 0 Å². The van der Waals surface area contributed by atoms with Gasteiger partial charge >= 0.3 is 12.1 Å². The van der Waals surface area contributed by atoms with E-state index >= 15 is 0 Å². The van der Waals surface area contributed by atoms with Gasteiger partial charge in [0.2, 0.25) is 0 Å². The van der Waals surface area contributed by atoms with Crippen LogP contribution in [0.4, 0.5) is 15.3 Å². The monoisotopic (exact) mass is 399 g/mol. The number of hydrogen-bond donors (Lipinski definition) is 2. The predicted molar refractivity (Wildman–Crippen MR) is 108 cm³/mol. The largest absolute Gasteiger partial charge is 0.438 e. The lowest BCUT2D eigenvalue weighted by Gasteiger charge is -2.44. The molecule has 156 valence electrons. The van der Waals surface area contributed by atoms with Gasteiger partial charge in [-0.2, -0.15) is 0 Å². The average Bonchev–Trinajstić information content (AvgIpc) is 3.10. The molecule has 0 bridgehead atoms. The van der Waals surface area contributed by atoms with Crippen molar-refractivity contribution in [3.63, 3.8) is 0 Å². The van der Waals surface area contributed by atoms with Crippen LogP contribution in [0, 0.1) is 0 Å². The minimum Gasteiger partial charge on any atom is -0.438 e. The first-order valence-corrected chi connectivity index (χ1v) is 10.9. The number of amides is 3. The Hall–Kier alpha value is -2.28. The number of ether oxygens (including phenoxy) is 2. The number of carbonyl (C=O) groups is 2. The summed E-state index contributed by atoms with van der Waals surface area (Å²) in [7, 11) is 0. The van der Waals surface area contributed by atoms with Gasteiger partial charge in [0.15, 0.2) is 0 Å². The maximum atomic E-state index is 12.8. The maximum Gasteiger partial charge on any atom is 0.412 e. The highest BCUT2D eigenvalue weighted by Gasteiger charge is 2.46. The van der Waals surface area contributed by atoms with E-state index < -0.39 is 11.7 Å². The molecule has 0 radical (unpaired) electrons. The van der Waals surface area contributed by atoms with E-state index in [1.165, 1.54) is 19.3 Å². The molecule has 1 atom stereocenters. The van der Waals surface area contributed by atoms with Gasteiger partial charge in [0.25, 0.3) is 0 Å². The minimum atomic E-state index is -0.641. The lowest BCUT2D eigenvalue weighted by Crippen LogP contribution is -2.53. The molecule has 3 fully saturated rings. The van der Waals surface area contributed by atoms with Gasteiger partial charge in [0.1, 0.15) is 5.60 Å². The fourth-order valence-electron chi connectivity index (χ4n) is 5.55. The van der Waals surface area contributed by atoms with Crippen LogP contribution in [0.1, 0.15) is 56.9 Å². The summed E-state index contributed by atoms with van der Waals surface area (Å²) in [6.07, 6.45) is 7.70. The van der Waals surface area contributed by atoms with E-state index in [-0.39, 0.29) is 17.7 Å². The number of anilines is 1. The number of benzene rings is 1. The number of hydrogen-bond acceptors (Lipinski definition) is 4. The Morgan fingerprint density at radius 2 is 1.86 bits per heavy atom. The van der Waals surface area contributed by atoms with Crippen LogP contribution in [-0.4, -0.2) is 48.4 Å². The average molecular weight is 399 g/mol. The number of fused-ring (bicyclic) bond motifs is 2. The fraction of sp³-hybridized carbons (Fsp3) is 0.636. The molecule has 1 saturated carbocycles. The quantitative estimate of drug-likeness (QED) is 0.754. The number of nitrogens with zero attached hydrogens (tertiary/aromatic N) is 1. The summed E-state index contributed by atoms with van der Waals surface area (Å²) in [5.41, 5.74) is 1.17. The van der Waals surface area contributed by atoms with E-state index in [9.17, 15) is 9.59 Å². The number of rotatable bonds is 1. The van der Waals surface area contributed by atoms with Crippen LogP contribution < -0.4 is 10.6 Å². The molecule has 1 aromatic carbocycles. The molecule has 2 N–H and O–H groups in total. The van der Waals surface area contributed by atoms with Gasteiger partial charge in [0, 0.05) is 31.5 Å². The van der Waals surface area contributed by atoms with Crippen molar-refractivity contribution in [2.75, 3.05) is 25.0 Å². The third-order valence-corrected chi connectivity index (χ3v) is 7.10. The molecule has 3 heterocycles. The second kappa shape index (κ2) is 7.20. The molecule has 3 amide bonds. The second-order valence-electron chi connectivity index (χ2n) is 8.95. The molecular formula is C22H29N3O4. The van der Waals surface area contributed by atoms with Crippen molar-refractivity contribution in [3.8, 4) is 0 Å². The highest BCUT2D eigenvalue weighted by atomic mass is 16.6. The lowest BCUT2D eigenvalue weighted by atomic mass is 9.82. The van der Waals surface area contributed by atoms with Crippen LogP contribution in [0.3, 0.4) is 0 Å². The lowest BCUT2D eigenvalue weighted by molar-refractivity contribution is -0.0307. The highest BCUT2D eigenvalue weighted by molar-refractivity contribution is 5.88. The molecule has 5 rings (SSSR count). The first-order valence-electron chi connectivity index (χ1n) is 10.9. The molecule has 1 aromatic rings. The number of para-hydroxylation sites is 1. The van der Waals surface area contributed by atoms with E-state index in [0.717, 1.165) is 30.5 Å². The Labute approximate surface area is 171 Å². The van der Waals surface area contributed by atoms with Crippen LogP contribution in [0.2, 0.25) is 0 Å². The van der Waals surface area contributed by atoms with Gasteiger partial charge in [-0.05, 0) is 25.3 Å². The molecule has 3 aliphatic heterocycles. The van der Waals surface area contributed by atoms with Crippen molar-refractivity contribution in [1.29, 1.82) is 0 Å². The zero-order valence-electron chi connectivity index (χ0n) is 16.7. The zero-order chi connectivity index (χ0) is 19.9. The molecule has 7 nitrogen and oxygen atoms in total. The predicted octanol–water partition coefficient (Wildman–Crippen LogP) is 3.74. The van der Waals surface area contributed by atoms with E-state index in [2.05, 4.69) is 10.6 Å². The smallest absolute Gasteiger partial charge is 0.412 e. The van der Waals surface area contributed by atoms with Crippen molar-refractivity contribution in [1.82, 2.24) is 10.2 Å². The molecular weight excluding hydrogens is 370 g/mol. The molecule has 0 aromatic heterocycles. The Balaban J connectivity index is 1.20. The van der Waals surface area contributed by atoms with Crippen molar-refractivity contribution in [2.24, 2.45) is 0 Å².